The number of carbonyl (C=O) groups excluding carboxylic acids is 1. The lowest BCUT2D eigenvalue weighted by Gasteiger charge is -2.14. The largest absolute Gasteiger partial charge is 0.483 e. The van der Waals surface area contributed by atoms with E-state index in [2.05, 4.69) is 22.1 Å². The van der Waals surface area contributed by atoms with Crippen LogP contribution in [0.15, 0.2) is 60.3 Å². The van der Waals surface area contributed by atoms with Crippen LogP contribution in [0, 0.1) is 19.7 Å². The third kappa shape index (κ3) is 5.73. The third-order valence-corrected chi connectivity index (χ3v) is 5.68. The number of benzene rings is 2. The lowest BCUT2D eigenvalue weighted by atomic mass is 10.1. The second-order valence-electron chi connectivity index (χ2n) is 7.08. The third-order valence-electron chi connectivity index (χ3n) is 4.60. The summed E-state index contributed by atoms with van der Waals surface area (Å²) in [7, 11) is 0. The van der Waals surface area contributed by atoms with Crippen LogP contribution in [0.5, 0.6) is 5.75 Å². The van der Waals surface area contributed by atoms with Crippen molar-refractivity contribution in [2.45, 2.75) is 44.3 Å². The molecule has 3 aromatic rings. The van der Waals surface area contributed by atoms with Crippen molar-refractivity contribution in [3.63, 3.8) is 0 Å². The number of nitrogens with zero attached hydrogens (tertiary/aromatic N) is 3. The molecule has 0 aliphatic rings. The van der Waals surface area contributed by atoms with Gasteiger partial charge in [0.25, 0.3) is 0 Å². The summed E-state index contributed by atoms with van der Waals surface area (Å²) in [5, 5.41) is 11.5. The Hall–Kier alpha value is -3.13. The minimum Gasteiger partial charge on any atom is -0.483 e. The Morgan fingerprint density at radius 2 is 2.06 bits per heavy atom. The van der Waals surface area contributed by atoms with Gasteiger partial charge in [0.2, 0.25) is 5.91 Å². The molecular weight excluding hydrogens is 415 g/mol. The smallest absolute Gasteiger partial charge is 0.237 e. The van der Waals surface area contributed by atoms with E-state index in [-0.39, 0.29) is 18.3 Å². The van der Waals surface area contributed by atoms with Gasteiger partial charge in [0, 0.05) is 12.2 Å². The fourth-order valence-electron chi connectivity index (χ4n) is 2.85. The predicted octanol–water partition coefficient (Wildman–Crippen LogP) is 4.92. The van der Waals surface area contributed by atoms with E-state index in [1.807, 2.05) is 39.0 Å². The van der Waals surface area contributed by atoms with Crippen molar-refractivity contribution in [2.75, 3.05) is 5.32 Å². The molecule has 1 atom stereocenters. The van der Waals surface area contributed by atoms with Gasteiger partial charge < -0.3 is 10.1 Å². The van der Waals surface area contributed by atoms with Gasteiger partial charge in [0.15, 0.2) is 22.5 Å². The molecule has 0 fully saturated rings. The molecule has 0 aliphatic heterocycles. The van der Waals surface area contributed by atoms with Gasteiger partial charge in [-0.05, 0) is 50.1 Å². The van der Waals surface area contributed by atoms with E-state index in [1.54, 1.807) is 28.8 Å². The molecule has 0 saturated heterocycles. The van der Waals surface area contributed by atoms with E-state index in [0.29, 0.717) is 17.5 Å². The molecule has 0 aliphatic carbocycles. The molecule has 6 nitrogen and oxygen atoms in total. The molecule has 31 heavy (non-hydrogen) atoms. The highest BCUT2D eigenvalue weighted by atomic mass is 32.2. The first-order valence-electron chi connectivity index (χ1n) is 9.84. The summed E-state index contributed by atoms with van der Waals surface area (Å²) >= 11 is 1.29. The standard InChI is InChI=1S/C23H25FN4O2S/c1-5-12-28-21(14-30-20-9-7-6-8-18(20)24)26-27-23(28)31-17(4)22(29)25-19-13-15(2)10-11-16(19)3/h5-11,13,17H,1,12,14H2,2-4H3,(H,25,29). The molecule has 0 radical (unpaired) electrons. The van der Waals surface area contributed by atoms with Crippen LogP contribution in [0.4, 0.5) is 10.1 Å². The lowest BCUT2D eigenvalue weighted by Crippen LogP contribution is -2.23. The molecule has 0 bridgehead atoms. The molecule has 3 rings (SSSR count). The first-order chi connectivity index (χ1) is 14.9. The quantitative estimate of drug-likeness (QED) is 0.378. The zero-order chi connectivity index (χ0) is 22.4. The van der Waals surface area contributed by atoms with Gasteiger partial charge in [-0.25, -0.2) is 4.39 Å². The number of halogens is 1. The summed E-state index contributed by atoms with van der Waals surface area (Å²) in [6.45, 7) is 10.0. The molecule has 162 valence electrons. The monoisotopic (exact) mass is 440 g/mol. The average molecular weight is 441 g/mol. The van der Waals surface area contributed by atoms with Crippen molar-refractivity contribution in [3.8, 4) is 5.75 Å². The highest BCUT2D eigenvalue weighted by Crippen LogP contribution is 2.25. The summed E-state index contributed by atoms with van der Waals surface area (Å²) in [6.07, 6.45) is 1.71. The topological polar surface area (TPSA) is 69.0 Å². The summed E-state index contributed by atoms with van der Waals surface area (Å²) < 4.78 is 21.2. The van der Waals surface area contributed by atoms with Crippen molar-refractivity contribution in [3.05, 3.63) is 77.9 Å². The van der Waals surface area contributed by atoms with Crippen LogP contribution in [0.1, 0.15) is 23.9 Å². The molecular formula is C23H25FN4O2S. The first-order valence-corrected chi connectivity index (χ1v) is 10.7. The minimum atomic E-state index is -0.441. The second-order valence-corrected chi connectivity index (χ2v) is 8.39. The first kappa shape index (κ1) is 22.6. The summed E-state index contributed by atoms with van der Waals surface area (Å²) in [5.41, 5.74) is 2.87. The van der Waals surface area contributed by atoms with E-state index in [0.717, 1.165) is 16.8 Å². The Balaban J connectivity index is 1.70. The number of thioether (sulfide) groups is 1. The van der Waals surface area contributed by atoms with Crippen molar-refractivity contribution in [1.82, 2.24) is 14.8 Å². The van der Waals surface area contributed by atoms with Gasteiger partial charge in [-0.3, -0.25) is 9.36 Å². The Morgan fingerprint density at radius 1 is 1.29 bits per heavy atom. The molecule has 0 spiro atoms. The molecule has 2 aromatic carbocycles. The Labute approximate surface area is 185 Å². The lowest BCUT2D eigenvalue weighted by molar-refractivity contribution is -0.115. The number of ether oxygens (including phenoxy) is 1. The number of anilines is 1. The molecule has 1 aromatic heterocycles. The van der Waals surface area contributed by atoms with E-state index in [4.69, 9.17) is 4.74 Å². The number of nitrogens with one attached hydrogen (secondary N) is 1. The fourth-order valence-corrected chi connectivity index (χ4v) is 3.72. The summed E-state index contributed by atoms with van der Waals surface area (Å²) in [5.74, 6) is 0.0959. The van der Waals surface area contributed by atoms with Crippen LogP contribution in [0.25, 0.3) is 0 Å². The van der Waals surface area contributed by atoms with Gasteiger partial charge in [-0.1, -0.05) is 42.1 Å². The Bertz CT molecular complexity index is 1080. The van der Waals surface area contributed by atoms with E-state index < -0.39 is 11.1 Å². The number of rotatable bonds is 9. The van der Waals surface area contributed by atoms with Gasteiger partial charge in [-0.2, -0.15) is 0 Å². The number of carbonyl (C=O) groups is 1. The van der Waals surface area contributed by atoms with Gasteiger partial charge in [0.05, 0.1) is 5.25 Å². The number of hydrogen-bond acceptors (Lipinski definition) is 5. The van der Waals surface area contributed by atoms with Crippen molar-refractivity contribution >= 4 is 23.4 Å². The van der Waals surface area contributed by atoms with Crippen LogP contribution in [0.2, 0.25) is 0 Å². The second kappa shape index (κ2) is 10.3. The van der Waals surface area contributed by atoms with Crippen LogP contribution in [-0.2, 0) is 17.9 Å². The normalized spacial score (nSPS) is 11.7. The molecule has 8 heteroatoms. The van der Waals surface area contributed by atoms with Crippen molar-refractivity contribution in [2.24, 2.45) is 0 Å². The van der Waals surface area contributed by atoms with Crippen molar-refractivity contribution < 1.29 is 13.9 Å². The van der Waals surface area contributed by atoms with Gasteiger partial charge >= 0.3 is 0 Å². The van der Waals surface area contributed by atoms with Crippen LogP contribution < -0.4 is 10.1 Å². The summed E-state index contributed by atoms with van der Waals surface area (Å²) in [4.78, 5) is 12.7. The minimum absolute atomic E-state index is 0.0470. The molecule has 0 saturated carbocycles. The van der Waals surface area contributed by atoms with Crippen LogP contribution in [0.3, 0.4) is 0 Å². The van der Waals surface area contributed by atoms with Gasteiger partial charge in [0.1, 0.15) is 6.61 Å². The maximum absolute atomic E-state index is 13.8. The Morgan fingerprint density at radius 3 is 2.81 bits per heavy atom. The van der Waals surface area contributed by atoms with E-state index in [9.17, 15) is 9.18 Å². The van der Waals surface area contributed by atoms with E-state index >= 15 is 0 Å². The SMILES string of the molecule is C=CCn1c(COc2ccccc2F)nnc1SC(C)C(=O)Nc1cc(C)ccc1C. The zero-order valence-corrected chi connectivity index (χ0v) is 18.6. The number of hydrogen-bond donors (Lipinski definition) is 1. The highest BCUT2D eigenvalue weighted by Gasteiger charge is 2.21. The van der Waals surface area contributed by atoms with Crippen LogP contribution >= 0.6 is 11.8 Å². The molecule has 1 unspecified atom stereocenters. The van der Waals surface area contributed by atoms with Crippen LogP contribution in [-0.4, -0.2) is 25.9 Å². The Kier molecular flexibility index (Phi) is 7.46. The number of aryl methyl sites for hydroxylation is 2. The zero-order valence-electron chi connectivity index (χ0n) is 17.8. The maximum atomic E-state index is 13.8. The predicted molar refractivity (Wildman–Crippen MR) is 121 cm³/mol. The van der Waals surface area contributed by atoms with Gasteiger partial charge in [-0.15, -0.1) is 16.8 Å². The number of para-hydroxylation sites is 1. The molecule has 1 amide bonds. The number of amides is 1. The summed E-state index contributed by atoms with van der Waals surface area (Å²) in [6, 6.07) is 12.1. The number of aromatic nitrogens is 3. The van der Waals surface area contributed by atoms with E-state index in [1.165, 1.54) is 17.8 Å². The highest BCUT2D eigenvalue weighted by molar-refractivity contribution is 8.00. The fraction of sp³-hybridized carbons (Fsp3) is 0.261. The average Bonchev–Trinajstić information content (AvgIpc) is 3.11. The number of allylic oxidation sites excluding steroid dienone is 1. The van der Waals surface area contributed by atoms with Crippen molar-refractivity contribution in [1.29, 1.82) is 0 Å². The molecule has 1 heterocycles. The molecule has 1 N–H and O–H groups in total. The maximum Gasteiger partial charge on any atom is 0.237 e.